The summed E-state index contributed by atoms with van der Waals surface area (Å²) in [5.41, 5.74) is 12.4. The monoisotopic (exact) mass is 986 g/mol. The van der Waals surface area contributed by atoms with E-state index in [2.05, 4.69) is 56.9 Å². The molecule has 21 heteroatoms. The Morgan fingerprint density at radius 2 is 1.17 bits per heavy atom. The number of aromatic amines is 2. The molecular weight excluding hydrogens is 936 g/mol. The van der Waals surface area contributed by atoms with Gasteiger partial charge in [0.25, 0.3) is 11.4 Å². The molecule has 0 spiro atoms. The zero-order valence-corrected chi connectivity index (χ0v) is 38.6. The van der Waals surface area contributed by atoms with E-state index in [1.165, 1.54) is 24.4 Å². The Kier molecular flexibility index (Phi) is 17.1. The van der Waals surface area contributed by atoms with Gasteiger partial charge >= 0.3 is 0 Å². The topological polar surface area (TPSA) is 274 Å². The van der Waals surface area contributed by atoms with Crippen LogP contribution < -0.4 is 21.7 Å². The molecule has 0 radical (unpaired) electrons. The lowest BCUT2D eigenvalue weighted by molar-refractivity contribution is -0.385. The number of anilines is 2. The van der Waals surface area contributed by atoms with Crippen LogP contribution in [0.5, 0.6) is 0 Å². The van der Waals surface area contributed by atoms with Gasteiger partial charge in [-0.1, -0.05) is 67.0 Å². The van der Waals surface area contributed by atoms with Gasteiger partial charge in [0.2, 0.25) is 11.9 Å². The Bertz CT molecular complexity index is 3040. The summed E-state index contributed by atoms with van der Waals surface area (Å²) >= 11 is 12.8. The maximum Gasteiger partial charge on any atom is 0.287 e. The fraction of sp³-hybridized carbons (Fsp3) is 0.286. The third-order valence-electron chi connectivity index (χ3n) is 11.9. The van der Waals surface area contributed by atoms with Gasteiger partial charge in [0.05, 0.1) is 49.4 Å². The molecule has 6 heterocycles. The molecule has 2 fully saturated rings. The third kappa shape index (κ3) is 12.8. The van der Waals surface area contributed by atoms with Crippen molar-refractivity contribution in [3.63, 3.8) is 0 Å². The molecule has 4 atom stereocenters. The summed E-state index contributed by atoms with van der Waals surface area (Å²) in [6.45, 7) is 0.567. The summed E-state index contributed by atoms with van der Waals surface area (Å²) < 4.78 is 0. The molecular formula is C49H52Cl2N14O5. The van der Waals surface area contributed by atoms with Crippen molar-refractivity contribution >= 4 is 74.6 Å². The van der Waals surface area contributed by atoms with Gasteiger partial charge in [0, 0.05) is 88.2 Å². The number of benzene rings is 2. The normalized spacial score (nSPS) is 17.5. The molecule has 0 unspecified atom stereocenters. The number of aromatic nitrogens is 8. The molecule has 0 amide bonds. The number of hydrogen-bond donors (Lipinski definition) is 6. The van der Waals surface area contributed by atoms with Gasteiger partial charge in [0.1, 0.15) is 18.1 Å². The van der Waals surface area contributed by atoms with E-state index in [0.717, 1.165) is 102 Å². The number of nitrogens with zero attached hydrogens (tertiary/aromatic N) is 8. The number of nitrogens with one attached hydrogen (secondary N) is 5. The SMILES string of the molecule is C.N[C@H]1CCC[C@@H](Nc2ncc(Cl)c(-c3c[nH]c4ccccc34)n2)C1.O=Cc1ccc([N+](=O)[O-])cn1.O=[N+]([O-])c1ccc(CN[C@H]2CCC[C@@H](Nc3ncc(Cl)c(-c4c[nH]c5ccccc45)n3)C2)nc1. The van der Waals surface area contributed by atoms with Crippen LogP contribution in [-0.2, 0) is 6.54 Å². The molecule has 2 saturated carbocycles. The second kappa shape index (κ2) is 23.7. The first kappa shape index (κ1) is 50.4. The van der Waals surface area contributed by atoms with E-state index in [1.54, 1.807) is 18.5 Å². The van der Waals surface area contributed by atoms with E-state index < -0.39 is 9.85 Å². The predicted molar refractivity (Wildman–Crippen MR) is 273 cm³/mol. The second-order valence-corrected chi connectivity index (χ2v) is 17.5. The lowest BCUT2D eigenvalue weighted by Crippen LogP contribution is -2.39. The van der Waals surface area contributed by atoms with Crippen LogP contribution in [0.4, 0.5) is 23.3 Å². The van der Waals surface area contributed by atoms with E-state index in [9.17, 15) is 25.0 Å². The van der Waals surface area contributed by atoms with E-state index in [0.29, 0.717) is 52.6 Å². The first-order chi connectivity index (χ1) is 33.5. The second-order valence-electron chi connectivity index (χ2n) is 16.7. The Balaban J connectivity index is 0.000000174. The molecule has 362 valence electrons. The number of aldehydes is 1. The van der Waals surface area contributed by atoms with Crippen molar-refractivity contribution in [1.29, 1.82) is 0 Å². The molecule has 2 aliphatic carbocycles. The molecule has 6 aromatic heterocycles. The highest BCUT2D eigenvalue weighted by atomic mass is 35.5. The number of H-pyrrole nitrogens is 2. The summed E-state index contributed by atoms with van der Waals surface area (Å²) in [5.74, 6) is 1.17. The van der Waals surface area contributed by atoms with E-state index in [4.69, 9.17) is 33.9 Å². The minimum atomic E-state index is -0.568. The highest BCUT2D eigenvalue weighted by Crippen LogP contribution is 2.34. The standard InChI is InChI=1S/C24H24ClN7O2.C18H20ClN5.C6H4N2O3.CH4/c25-21-14-29-24(31-23(21)20-13-28-22-7-2-1-6-19(20)22)30-16-5-3-4-15(10-16)26-11-17-8-9-18(12-27-17)32(33)34;19-15-10-22-18(23-12-5-3-4-11(20)8-12)24-17(15)14-9-21-16-7-2-1-6-13(14)16;9-4-5-1-2-6(3-7-5)8(10)11;/h1-2,6-9,12-16,26,28H,3-5,10-11H2,(H,29,30,31);1-2,6-7,9-12,21H,3-5,8,20H2,(H,22,23,24);1-4H;1H4/t15-,16+;11-,12+;;/m00../s1. The number of rotatable bonds is 12. The van der Waals surface area contributed by atoms with Crippen molar-refractivity contribution in [2.24, 2.45) is 5.73 Å². The number of nitrogens with two attached hydrogens (primary N) is 1. The minimum absolute atomic E-state index is 0. The largest absolute Gasteiger partial charge is 0.360 e. The lowest BCUT2D eigenvalue weighted by atomic mass is 9.91. The Morgan fingerprint density at radius 3 is 1.67 bits per heavy atom. The highest BCUT2D eigenvalue weighted by Gasteiger charge is 2.24. The van der Waals surface area contributed by atoms with E-state index in [-0.39, 0.29) is 36.6 Å². The van der Waals surface area contributed by atoms with Crippen molar-refractivity contribution in [3.05, 3.63) is 152 Å². The van der Waals surface area contributed by atoms with E-state index in [1.807, 2.05) is 54.9 Å². The van der Waals surface area contributed by atoms with Crippen LogP contribution in [0.15, 0.2) is 110 Å². The Hall–Kier alpha value is -7.45. The first-order valence-corrected chi connectivity index (χ1v) is 23.1. The summed E-state index contributed by atoms with van der Waals surface area (Å²) in [6, 6.07) is 23.0. The predicted octanol–water partition coefficient (Wildman–Crippen LogP) is 10.5. The van der Waals surface area contributed by atoms with Crippen LogP contribution in [0, 0.1) is 20.2 Å². The quantitative estimate of drug-likeness (QED) is 0.0377. The number of fused-ring (bicyclic) bond motifs is 2. The third-order valence-corrected chi connectivity index (χ3v) is 12.5. The van der Waals surface area contributed by atoms with Gasteiger partial charge < -0.3 is 31.7 Å². The fourth-order valence-electron chi connectivity index (χ4n) is 8.47. The molecule has 19 nitrogen and oxygen atoms in total. The number of nitro groups is 2. The van der Waals surface area contributed by atoms with Crippen molar-refractivity contribution in [3.8, 4) is 22.5 Å². The molecule has 7 N–H and O–H groups in total. The molecule has 70 heavy (non-hydrogen) atoms. The zero-order valence-electron chi connectivity index (χ0n) is 37.1. The van der Waals surface area contributed by atoms with Crippen molar-refractivity contribution < 1.29 is 14.6 Å². The van der Waals surface area contributed by atoms with Crippen LogP contribution in [0.2, 0.25) is 10.0 Å². The zero-order chi connectivity index (χ0) is 48.3. The Morgan fingerprint density at radius 1 is 0.657 bits per heavy atom. The van der Waals surface area contributed by atoms with Crippen LogP contribution in [0.25, 0.3) is 44.3 Å². The van der Waals surface area contributed by atoms with Gasteiger partial charge in [-0.3, -0.25) is 30.0 Å². The molecule has 2 aliphatic rings. The molecule has 10 rings (SSSR count). The van der Waals surface area contributed by atoms with Gasteiger partial charge in [-0.15, -0.1) is 0 Å². The Labute approximate surface area is 412 Å². The molecule has 0 bridgehead atoms. The summed E-state index contributed by atoms with van der Waals surface area (Å²) in [5, 5.41) is 34.5. The minimum Gasteiger partial charge on any atom is -0.360 e. The molecule has 0 aliphatic heterocycles. The highest BCUT2D eigenvalue weighted by molar-refractivity contribution is 6.33. The van der Waals surface area contributed by atoms with Gasteiger partial charge in [-0.2, -0.15) is 0 Å². The summed E-state index contributed by atoms with van der Waals surface area (Å²) in [4.78, 5) is 62.3. The van der Waals surface area contributed by atoms with Crippen molar-refractivity contribution in [2.45, 2.75) is 89.5 Å². The number of para-hydroxylation sites is 2. The first-order valence-electron chi connectivity index (χ1n) is 22.4. The average molecular weight is 988 g/mol. The van der Waals surface area contributed by atoms with Gasteiger partial charge in [-0.25, -0.2) is 24.9 Å². The molecule has 0 saturated heterocycles. The van der Waals surface area contributed by atoms with Crippen molar-refractivity contribution in [1.82, 2.24) is 45.2 Å². The van der Waals surface area contributed by atoms with Crippen LogP contribution >= 0.6 is 23.2 Å². The molecule has 8 aromatic rings. The number of hydrogen-bond acceptors (Lipinski definition) is 15. The maximum absolute atomic E-state index is 10.8. The van der Waals surface area contributed by atoms with E-state index >= 15 is 0 Å². The lowest BCUT2D eigenvalue weighted by Gasteiger charge is -2.30. The fourth-order valence-corrected chi connectivity index (χ4v) is 8.86. The number of carbonyl (C=O) groups excluding carboxylic acids is 1. The summed E-state index contributed by atoms with van der Waals surface area (Å²) in [7, 11) is 0. The van der Waals surface area contributed by atoms with Crippen LogP contribution in [0.1, 0.15) is 75.0 Å². The number of pyridine rings is 2. The maximum atomic E-state index is 10.8. The van der Waals surface area contributed by atoms with Crippen LogP contribution in [0.3, 0.4) is 0 Å². The summed E-state index contributed by atoms with van der Waals surface area (Å²) in [6.07, 6.45) is 18.4. The average Bonchev–Trinajstić information content (AvgIpc) is 4.00. The smallest absolute Gasteiger partial charge is 0.287 e. The number of carbonyl (C=O) groups is 1. The molecule has 2 aromatic carbocycles. The number of halogens is 2. The van der Waals surface area contributed by atoms with Crippen molar-refractivity contribution in [2.75, 3.05) is 10.6 Å². The van der Waals surface area contributed by atoms with Gasteiger partial charge in [0.15, 0.2) is 6.29 Å². The van der Waals surface area contributed by atoms with Gasteiger partial charge in [-0.05, 0) is 75.6 Å². The van der Waals surface area contributed by atoms with Crippen LogP contribution in [-0.4, -0.2) is 80.2 Å².